The molecule has 0 spiro atoms. The number of nitrogens with two attached hydrogens (primary N) is 1. The number of aliphatic hydroxyl groups excluding tert-OH is 1. The van der Waals surface area contributed by atoms with Crippen molar-refractivity contribution in [1.29, 1.82) is 0 Å². The van der Waals surface area contributed by atoms with Gasteiger partial charge in [-0.05, 0) is 23.8 Å². The molecule has 0 atom stereocenters. The molecule has 0 saturated carbocycles. The van der Waals surface area contributed by atoms with Crippen molar-refractivity contribution in [1.82, 2.24) is 5.32 Å². The second kappa shape index (κ2) is 6.09. The third-order valence-corrected chi connectivity index (χ3v) is 1.95. The van der Waals surface area contributed by atoms with Crippen LogP contribution in [0.15, 0.2) is 18.2 Å². The lowest BCUT2D eigenvalue weighted by Gasteiger charge is -2.08. The molecular weight excluding hydrogens is 206 g/mol. The third-order valence-electron chi connectivity index (χ3n) is 1.95. The summed E-state index contributed by atoms with van der Waals surface area (Å²) in [7, 11) is 0. The molecule has 0 fully saturated rings. The first-order valence-corrected chi connectivity index (χ1v) is 5.10. The van der Waals surface area contributed by atoms with E-state index in [1.165, 1.54) is 6.92 Å². The Hall–Kier alpha value is -1.59. The van der Waals surface area contributed by atoms with Crippen molar-refractivity contribution in [3.63, 3.8) is 0 Å². The van der Waals surface area contributed by atoms with E-state index in [2.05, 4.69) is 10.6 Å². The van der Waals surface area contributed by atoms with Crippen LogP contribution >= 0.6 is 0 Å². The summed E-state index contributed by atoms with van der Waals surface area (Å²) in [5.74, 6) is -0.125. The topological polar surface area (TPSA) is 87.4 Å². The molecule has 0 aliphatic rings. The first kappa shape index (κ1) is 12.5. The van der Waals surface area contributed by atoms with Crippen LogP contribution in [0.5, 0.6) is 0 Å². The lowest BCUT2D eigenvalue weighted by atomic mass is 10.1. The van der Waals surface area contributed by atoms with E-state index in [0.29, 0.717) is 24.5 Å². The number of nitrogen functional groups attached to an aromatic ring is 1. The normalized spacial score (nSPS) is 10.1. The summed E-state index contributed by atoms with van der Waals surface area (Å²) in [6.07, 6.45) is 0. The molecule has 5 heteroatoms. The number of carbonyl (C=O) groups excluding carboxylic acids is 1. The molecule has 0 saturated heterocycles. The molecule has 0 unspecified atom stereocenters. The van der Waals surface area contributed by atoms with Gasteiger partial charge in [0.05, 0.1) is 6.61 Å². The maximum Gasteiger partial charge on any atom is 0.221 e. The number of benzene rings is 1. The van der Waals surface area contributed by atoms with Gasteiger partial charge in [0.2, 0.25) is 5.91 Å². The van der Waals surface area contributed by atoms with Crippen LogP contribution < -0.4 is 16.4 Å². The van der Waals surface area contributed by atoms with Crippen molar-refractivity contribution >= 4 is 17.3 Å². The number of carbonyl (C=O) groups is 1. The van der Waals surface area contributed by atoms with E-state index in [1.54, 1.807) is 6.07 Å². The zero-order chi connectivity index (χ0) is 12.0. The van der Waals surface area contributed by atoms with E-state index >= 15 is 0 Å². The fourth-order valence-corrected chi connectivity index (χ4v) is 1.41. The second-order valence-electron chi connectivity index (χ2n) is 3.54. The summed E-state index contributed by atoms with van der Waals surface area (Å²) in [5.41, 5.74) is 7.97. The highest BCUT2D eigenvalue weighted by atomic mass is 16.3. The summed E-state index contributed by atoms with van der Waals surface area (Å²) >= 11 is 0. The summed E-state index contributed by atoms with van der Waals surface area (Å²) in [6.45, 7) is 2.69. The predicted octanol–water partition coefficient (Wildman–Crippen LogP) is 0.309. The molecule has 0 aliphatic carbocycles. The molecule has 16 heavy (non-hydrogen) atoms. The van der Waals surface area contributed by atoms with Crippen LogP contribution in [0.1, 0.15) is 12.5 Å². The summed E-state index contributed by atoms with van der Waals surface area (Å²) in [6, 6.07) is 5.38. The van der Waals surface area contributed by atoms with Gasteiger partial charge in [-0.1, -0.05) is 0 Å². The Morgan fingerprint density at radius 3 is 2.81 bits per heavy atom. The lowest BCUT2D eigenvalue weighted by molar-refractivity contribution is -0.114. The van der Waals surface area contributed by atoms with Gasteiger partial charge in [-0.2, -0.15) is 0 Å². The van der Waals surface area contributed by atoms with Gasteiger partial charge in [-0.25, -0.2) is 0 Å². The smallest absolute Gasteiger partial charge is 0.221 e. The molecule has 88 valence electrons. The zero-order valence-corrected chi connectivity index (χ0v) is 9.29. The molecule has 0 aromatic heterocycles. The minimum Gasteiger partial charge on any atom is -0.399 e. The van der Waals surface area contributed by atoms with Gasteiger partial charge in [0.1, 0.15) is 0 Å². The largest absolute Gasteiger partial charge is 0.399 e. The van der Waals surface area contributed by atoms with E-state index < -0.39 is 0 Å². The van der Waals surface area contributed by atoms with Gasteiger partial charge >= 0.3 is 0 Å². The Kier molecular flexibility index (Phi) is 4.75. The molecule has 0 aliphatic heterocycles. The van der Waals surface area contributed by atoms with E-state index in [0.717, 1.165) is 5.56 Å². The van der Waals surface area contributed by atoms with Gasteiger partial charge in [0, 0.05) is 31.4 Å². The predicted molar refractivity (Wildman–Crippen MR) is 64.0 cm³/mol. The summed E-state index contributed by atoms with van der Waals surface area (Å²) in [5, 5.41) is 14.3. The molecule has 1 amide bonds. The van der Waals surface area contributed by atoms with E-state index in [4.69, 9.17) is 10.8 Å². The number of hydrogen-bond acceptors (Lipinski definition) is 4. The van der Waals surface area contributed by atoms with Crippen LogP contribution in [0.25, 0.3) is 0 Å². The van der Waals surface area contributed by atoms with Crippen molar-refractivity contribution in [2.75, 3.05) is 24.2 Å². The molecule has 0 radical (unpaired) electrons. The first-order chi connectivity index (χ1) is 7.61. The highest BCUT2D eigenvalue weighted by Crippen LogP contribution is 2.16. The van der Waals surface area contributed by atoms with Crippen molar-refractivity contribution in [2.45, 2.75) is 13.5 Å². The van der Waals surface area contributed by atoms with Gasteiger partial charge in [-0.3, -0.25) is 4.79 Å². The standard InChI is InChI=1S/C11H17N3O2/c1-8(16)14-11-5-9(4-10(12)6-11)7-13-2-3-15/h4-6,13,15H,2-3,7,12H2,1H3,(H,14,16). The van der Waals surface area contributed by atoms with Crippen LogP contribution in [0.2, 0.25) is 0 Å². The van der Waals surface area contributed by atoms with Gasteiger partial charge in [0.25, 0.3) is 0 Å². The monoisotopic (exact) mass is 223 g/mol. The molecule has 5 nitrogen and oxygen atoms in total. The molecular formula is C11H17N3O2. The number of aliphatic hydroxyl groups is 1. The molecule has 0 bridgehead atoms. The van der Waals surface area contributed by atoms with Crippen molar-refractivity contribution in [3.8, 4) is 0 Å². The minimum absolute atomic E-state index is 0.0981. The van der Waals surface area contributed by atoms with E-state index in [9.17, 15) is 4.79 Å². The second-order valence-corrected chi connectivity index (χ2v) is 3.54. The molecule has 1 rings (SSSR count). The average molecular weight is 223 g/mol. The first-order valence-electron chi connectivity index (χ1n) is 5.10. The fraction of sp³-hybridized carbons (Fsp3) is 0.364. The molecule has 1 aromatic rings. The lowest BCUT2D eigenvalue weighted by Crippen LogP contribution is -2.17. The summed E-state index contributed by atoms with van der Waals surface area (Å²) < 4.78 is 0. The maximum atomic E-state index is 10.9. The van der Waals surface area contributed by atoms with E-state index in [1.807, 2.05) is 12.1 Å². The zero-order valence-electron chi connectivity index (χ0n) is 9.29. The van der Waals surface area contributed by atoms with Crippen LogP contribution in [-0.2, 0) is 11.3 Å². The van der Waals surface area contributed by atoms with Gasteiger partial charge in [-0.15, -0.1) is 0 Å². The Morgan fingerprint density at radius 1 is 1.44 bits per heavy atom. The quantitative estimate of drug-likeness (QED) is 0.427. The van der Waals surface area contributed by atoms with Crippen LogP contribution in [0.3, 0.4) is 0 Å². The fourth-order valence-electron chi connectivity index (χ4n) is 1.41. The number of nitrogens with one attached hydrogen (secondary N) is 2. The minimum atomic E-state index is -0.125. The van der Waals surface area contributed by atoms with Crippen LogP contribution in [0, 0.1) is 0 Å². The SMILES string of the molecule is CC(=O)Nc1cc(N)cc(CNCCO)c1. The van der Waals surface area contributed by atoms with Crippen molar-refractivity contribution in [2.24, 2.45) is 0 Å². The third kappa shape index (κ3) is 4.29. The molecule has 5 N–H and O–H groups in total. The van der Waals surface area contributed by atoms with Crippen molar-refractivity contribution < 1.29 is 9.90 Å². The summed E-state index contributed by atoms with van der Waals surface area (Å²) in [4.78, 5) is 10.9. The highest BCUT2D eigenvalue weighted by Gasteiger charge is 2.00. The van der Waals surface area contributed by atoms with Crippen molar-refractivity contribution in [3.05, 3.63) is 23.8 Å². The molecule has 0 heterocycles. The Labute approximate surface area is 94.7 Å². The average Bonchev–Trinajstić information content (AvgIpc) is 2.16. The van der Waals surface area contributed by atoms with E-state index in [-0.39, 0.29) is 12.5 Å². The number of rotatable bonds is 5. The Bertz CT molecular complexity index is 366. The van der Waals surface area contributed by atoms with Crippen LogP contribution in [-0.4, -0.2) is 24.2 Å². The maximum absolute atomic E-state index is 10.9. The number of hydrogen-bond donors (Lipinski definition) is 4. The Balaban J connectivity index is 2.69. The Morgan fingerprint density at radius 2 is 2.19 bits per heavy atom. The molecule has 1 aromatic carbocycles. The number of amides is 1. The van der Waals surface area contributed by atoms with Gasteiger partial charge in [0.15, 0.2) is 0 Å². The van der Waals surface area contributed by atoms with Crippen LogP contribution in [0.4, 0.5) is 11.4 Å². The highest BCUT2D eigenvalue weighted by molar-refractivity contribution is 5.89. The number of anilines is 2. The van der Waals surface area contributed by atoms with Gasteiger partial charge < -0.3 is 21.5 Å².